The van der Waals surface area contributed by atoms with E-state index in [1.165, 1.54) is 22.7 Å². The van der Waals surface area contributed by atoms with Crippen LogP contribution in [0.2, 0.25) is 0 Å². The number of thiophene rings is 1. The van der Waals surface area contributed by atoms with Crippen LogP contribution in [0.1, 0.15) is 42.3 Å². The lowest BCUT2D eigenvalue weighted by Crippen LogP contribution is -2.41. The Labute approximate surface area is 212 Å². The zero-order valence-electron chi connectivity index (χ0n) is 19.7. The minimum atomic E-state index is -0.377. The van der Waals surface area contributed by atoms with E-state index in [2.05, 4.69) is 27.5 Å². The van der Waals surface area contributed by atoms with Crippen LogP contribution >= 0.6 is 11.3 Å². The van der Waals surface area contributed by atoms with Crippen LogP contribution in [-0.4, -0.2) is 27.9 Å². The summed E-state index contributed by atoms with van der Waals surface area (Å²) in [7, 11) is 0. The zero-order chi connectivity index (χ0) is 24.6. The van der Waals surface area contributed by atoms with Crippen molar-refractivity contribution in [3.05, 3.63) is 65.8 Å². The summed E-state index contributed by atoms with van der Waals surface area (Å²) >= 11 is 1.30. The summed E-state index contributed by atoms with van der Waals surface area (Å²) < 4.78 is 5.83. The van der Waals surface area contributed by atoms with E-state index in [0.29, 0.717) is 44.3 Å². The molecule has 0 radical (unpaired) electrons. The first-order chi connectivity index (χ1) is 17.6. The highest BCUT2D eigenvalue weighted by Crippen LogP contribution is 2.45. The van der Waals surface area contributed by atoms with Gasteiger partial charge in [-0.15, -0.1) is 11.3 Å². The van der Waals surface area contributed by atoms with E-state index < -0.39 is 0 Å². The van der Waals surface area contributed by atoms with Gasteiger partial charge in [0.25, 0.3) is 5.91 Å². The zero-order valence-corrected chi connectivity index (χ0v) is 20.5. The van der Waals surface area contributed by atoms with Crippen LogP contribution in [0.25, 0.3) is 10.2 Å². The van der Waals surface area contributed by atoms with Gasteiger partial charge in [0, 0.05) is 12.2 Å². The van der Waals surface area contributed by atoms with Crippen molar-refractivity contribution in [2.45, 2.75) is 38.6 Å². The van der Waals surface area contributed by atoms with Gasteiger partial charge in [0.15, 0.2) is 0 Å². The third kappa shape index (κ3) is 4.05. The molecule has 4 heterocycles. The number of hydrogen-bond acceptors (Lipinski definition) is 6. The van der Waals surface area contributed by atoms with E-state index in [0.717, 1.165) is 24.6 Å². The number of anilines is 3. The fraction of sp³-hybridized carbons (Fsp3) is 0.259. The number of nitrogens with one attached hydrogen (secondary N) is 2. The predicted octanol–water partition coefficient (Wildman–Crippen LogP) is 6.48. The number of aromatic nitrogens is 2. The Balaban J connectivity index is 1.31. The lowest BCUT2D eigenvalue weighted by atomic mass is 9.86. The monoisotopic (exact) mass is 499 g/mol. The average molecular weight is 500 g/mol. The summed E-state index contributed by atoms with van der Waals surface area (Å²) in [6.45, 7) is 2.18. The molecule has 6 rings (SSSR count). The molecular weight excluding hydrogens is 474 g/mol. The first kappa shape index (κ1) is 22.5. The quantitative estimate of drug-likeness (QED) is 0.328. The van der Waals surface area contributed by atoms with Crippen molar-refractivity contribution in [3.8, 4) is 11.5 Å². The number of ether oxygens (including phenoxy) is 1. The lowest BCUT2D eigenvalue weighted by molar-refractivity contribution is 0.0915. The molecule has 0 bridgehead atoms. The summed E-state index contributed by atoms with van der Waals surface area (Å²) in [6, 6.07) is 14.5. The number of carbonyl (C=O) groups is 2. The maximum atomic E-state index is 13.3. The number of rotatable bonds is 5. The highest BCUT2D eigenvalue weighted by atomic mass is 32.1. The van der Waals surface area contributed by atoms with Gasteiger partial charge in [0.05, 0.1) is 23.0 Å². The summed E-state index contributed by atoms with van der Waals surface area (Å²) in [6.07, 6.45) is 7.65. The maximum Gasteiger partial charge on any atom is 0.332 e. The molecule has 4 aromatic rings. The van der Waals surface area contributed by atoms with Crippen molar-refractivity contribution in [2.75, 3.05) is 10.2 Å². The molecule has 1 aromatic carbocycles. The summed E-state index contributed by atoms with van der Waals surface area (Å²) in [5.74, 6) is 1.99. The van der Waals surface area contributed by atoms with Crippen LogP contribution in [0.15, 0.2) is 60.9 Å². The Bertz CT molecular complexity index is 1440. The molecule has 182 valence electrons. The molecule has 0 spiro atoms. The minimum absolute atomic E-state index is 0.146. The van der Waals surface area contributed by atoms with E-state index in [9.17, 15) is 9.59 Å². The molecule has 2 N–H and O–H groups in total. The fourth-order valence-electron chi connectivity index (χ4n) is 4.93. The minimum Gasteiger partial charge on any atom is -0.456 e. The van der Waals surface area contributed by atoms with Crippen molar-refractivity contribution in [1.82, 2.24) is 15.3 Å². The molecule has 8 nitrogen and oxygen atoms in total. The molecule has 2 aliphatic rings. The summed E-state index contributed by atoms with van der Waals surface area (Å²) in [4.78, 5) is 38.2. The number of para-hydroxylation sites is 1. The molecule has 2 atom stereocenters. The van der Waals surface area contributed by atoms with E-state index >= 15 is 0 Å². The van der Waals surface area contributed by atoms with Gasteiger partial charge in [-0.2, -0.15) is 0 Å². The van der Waals surface area contributed by atoms with E-state index in [1.54, 1.807) is 30.6 Å². The Kier molecular flexibility index (Phi) is 5.77. The van der Waals surface area contributed by atoms with Crippen molar-refractivity contribution in [3.63, 3.8) is 0 Å². The molecule has 1 aliphatic heterocycles. The molecule has 0 saturated heterocycles. The third-order valence-electron chi connectivity index (χ3n) is 6.81. The molecular formula is C27H25N5O3S. The third-order valence-corrected chi connectivity index (χ3v) is 7.91. The average Bonchev–Trinajstić information content (AvgIpc) is 3.26. The molecule has 3 amide bonds. The van der Waals surface area contributed by atoms with Crippen molar-refractivity contribution in [1.29, 1.82) is 0 Å². The molecule has 9 heteroatoms. The van der Waals surface area contributed by atoms with Crippen LogP contribution in [0.3, 0.4) is 0 Å². The summed E-state index contributed by atoms with van der Waals surface area (Å²) in [5.41, 5.74) is 1.16. The van der Waals surface area contributed by atoms with Crippen LogP contribution in [0.4, 0.5) is 22.0 Å². The topological polar surface area (TPSA) is 96.5 Å². The molecule has 36 heavy (non-hydrogen) atoms. The molecule has 0 unspecified atom stereocenters. The number of nitrogens with zero attached hydrogens (tertiary/aromatic N) is 3. The number of carbonyl (C=O) groups excluding carboxylic acids is 2. The van der Waals surface area contributed by atoms with Crippen LogP contribution < -0.4 is 20.3 Å². The van der Waals surface area contributed by atoms with E-state index in [1.807, 2.05) is 30.3 Å². The predicted molar refractivity (Wildman–Crippen MR) is 140 cm³/mol. The summed E-state index contributed by atoms with van der Waals surface area (Å²) in [5, 5.41) is 6.88. The van der Waals surface area contributed by atoms with E-state index in [4.69, 9.17) is 4.74 Å². The van der Waals surface area contributed by atoms with E-state index in [-0.39, 0.29) is 18.0 Å². The van der Waals surface area contributed by atoms with Crippen molar-refractivity contribution in [2.24, 2.45) is 5.92 Å². The first-order valence-corrected chi connectivity index (χ1v) is 12.9. The second kappa shape index (κ2) is 9.23. The van der Waals surface area contributed by atoms with Gasteiger partial charge in [0.2, 0.25) is 0 Å². The Morgan fingerprint density at radius 3 is 2.69 bits per heavy atom. The first-order valence-electron chi connectivity index (χ1n) is 12.1. The van der Waals surface area contributed by atoms with Crippen molar-refractivity contribution < 1.29 is 14.3 Å². The second-order valence-corrected chi connectivity index (χ2v) is 10.2. The van der Waals surface area contributed by atoms with Crippen LogP contribution in [0.5, 0.6) is 11.5 Å². The largest absolute Gasteiger partial charge is 0.456 e. The number of benzene rings is 1. The van der Waals surface area contributed by atoms with Gasteiger partial charge >= 0.3 is 6.03 Å². The maximum absolute atomic E-state index is 13.3. The van der Waals surface area contributed by atoms with Crippen molar-refractivity contribution >= 4 is 50.7 Å². The van der Waals surface area contributed by atoms with Gasteiger partial charge < -0.3 is 15.4 Å². The Morgan fingerprint density at radius 1 is 1.08 bits per heavy atom. The highest BCUT2D eigenvalue weighted by Gasteiger charge is 2.34. The smallest absolute Gasteiger partial charge is 0.332 e. The van der Waals surface area contributed by atoms with Gasteiger partial charge in [-0.1, -0.05) is 38.0 Å². The van der Waals surface area contributed by atoms with Gasteiger partial charge in [-0.25, -0.2) is 19.7 Å². The highest BCUT2D eigenvalue weighted by molar-refractivity contribution is 7.21. The Hall–Kier alpha value is -3.98. The van der Waals surface area contributed by atoms with Crippen LogP contribution in [-0.2, 0) is 0 Å². The molecule has 1 aliphatic carbocycles. The SMILES string of the molecule is C[C@H]1CCCC[C@H]1NC(=O)c1sc2nccc3c2c1NC(=O)N3c1ccc(Oc2ccccc2)cn1. The normalized spacial score (nSPS) is 19.1. The Morgan fingerprint density at radius 2 is 1.92 bits per heavy atom. The fourth-order valence-corrected chi connectivity index (χ4v) is 5.95. The van der Waals surface area contributed by atoms with Gasteiger partial charge in [0.1, 0.15) is 27.0 Å². The molecule has 1 fully saturated rings. The number of hydrogen-bond donors (Lipinski definition) is 2. The lowest BCUT2D eigenvalue weighted by Gasteiger charge is -2.30. The molecule has 3 aromatic heterocycles. The molecule has 1 saturated carbocycles. The number of amides is 3. The van der Waals surface area contributed by atoms with Crippen LogP contribution in [0, 0.1) is 5.92 Å². The number of pyridine rings is 2. The second-order valence-electron chi connectivity index (χ2n) is 9.19. The van der Waals surface area contributed by atoms with Gasteiger partial charge in [-0.05, 0) is 49.1 Å². The van der Waals surface area contributed by atoms with Gasteiger partial charge in [-0.3, -0.25) is 4.79 Å². The standard InChI is InChI=1S/C27H25N5O3S/c1-16-7-5-6-10-19(16)30-25(33)24-23-22-20(13-14-28-26(22)36-24)32(27(34)31-23)21-12-11-18(15-29-21)35-17-8-3-2-4-9-17/h2-4,8-9,11-16,19H,5-7,10H2,1H3,(H,30,33)(H,31,34)/t16-,19+/m0/s1. The number of urea groups is 1.